The number of hydrogen-bond acceptors (Lipinski definition) is 5. The minimum Gasteiger partial charge on any atom is -0.497 e. The molecular formula is C19H27NO5. The summed E-state index contributed by atoms with van der Waals surface area (Å²) >= 11 is 0. The monoisotopic (exact) mass is 349 g/mol. The van der Waals surface area contributed by atoms with Crippen LogP contribution in [-0.4, -0.2) is 42.8 Å². The number of methoxy groups -OCH3 is 2. The van der Waals surface area contributed by atoms with Crippen molar-refractivity contribution in [1.82, 2.24) is 4.90 Å². The van der Waals surface area contributed by atoms with Crippen molar-refractivity contribution in [3.05, 3.63) is 29.8 Å². The zero-order chi connectivity index (χ0) is 19.0. The van der Waals surface area contributed by atoms with Gasteiger partial charge in [-0.3, -0.25) is 9.59 Å². The van der Waals surface area contributed by atoms with Gasteiger partial charge in [0.25, 0.3) is 0 Å². The van der Waals surface area contributed by atoms with Gasteiger partial charge in [-0.1, -0.05) is 26.0 Å². The summed E-state index contributed by atoms with van der Waals surface area (Å²) in [7, 11) is 2.86. The molecule has 0 unspecified atom stereocenters. The van der Waals surface area contributed by atoms with E-state index in [1.54, 1.807) is 19.2 Å². The molecule has 6 nitrogen and oxygen atoms in total. The molecule has 0 spiro atoms. The molecule has 0 fully saturated rings. The number of rotatable bonds is 9. The number of carbonyl (C=O) groups is 3. The molecule has 0 N–H and O–H groups in total. The van der Waals surface area contributed by atoms with Crippen LogP contribution in [0.3, 0.4) is 0 Å². The molecule has 0 aliphatic rings. The maximum absolute atomic E-state index is 12.6. The van der Waals surface area contributed by atoms with Gasteiger partial charge in [0, 0.05) is 6.54 Å². The van der Waals surface area contributed by atoms with E-state index in [9.17, 15) is 14.4 Å². The molecule has 1 atom stereocenters. The van der Waals surface area contributed by atoms with Crippen LogP contribution in [-0.2, 0) is 25.7 Å². The van der Waals surface area contributed by atoms with Crippen LogP contribution in [0.15, 0.2) is 24.3 Å². The standard InChI is InChI=1S/C19H27NO5/c1-13(2)9-17(19(23)25-5)20(18(22)10-14(3)21)12-15-7-6-8-16(11-15)24-4/h6-8,11,13,17H,9-10,12H2,1-5H3/t17-/m0/s1. The lowest BCUT2D eigenvalue weighted by Crippen LogP contribution is -2.46. The van der Waals surface area contributed by atoms with Crippen molar-refractivity contribution < 1.29 is 23.9 Å². The number of nitrogens with zero attached hydrogens (tertiary/aromatic N) is 1. The average molecular weight is 349 g/mol. The van der Waals surface area contributed by atoms with E-state index < -0.39 is 12.0 Å². The predicted octanol–water partition coefficient (Wildman–Crippen LogP) is 2.59. The van der Waals surface area contributed by atoms with Crippen LogP contribution in [0.5, 0.6) is 5.75 Å². The number of benzene rings is 1. The van der Waals surface area contributed by atoms with Crippen molar-refractivity contribution in [3.63, 3.8) is 0 Å². The van der Waals surface area contributed by atoms with E-state index in [0.29, 0.717) is 12.2 Å². The summed E-state index contributed by atoms with van der Waals surface area (Å²) < 4.78 is 10.1. The second-order valence-electron chi connectivity index (χ2n) is 6.42. The fourth-order valence-electron chi connectivity index (χ4n) is 2.59. The van der Waals surface area contributed by atoms with E-state index in [-0.39, 0.29) is 30.6 Å². The van der Waals surface area contributed by atoms with Crippen molar-refractivity contribution in [2.24, 2.45) is 5.92 Å². The Kier molecular flexibility index (Phi) is 8.11. The second-order valence-corrected chi connectivity index (χ2v) is 6.42. The van der Waals surface area contributed by atoms with Crippen LogP contribution in [0.1, 0.15) is 39.2 Å². The number of ketones is 1. The van der Waals surface area contributed by atoms with Crippen LogP contribution < -0.4 is 4.74 Å². The van der Waals surface area contributed by atoms with Crippen molar-refractivity contribution in [3.8, 4) is 5.75 Å². The highest BCUT2D eigenvalue weighted by Crippen LogP contribution is 2.20. The zero-order valence-corrected chi connectivity index (χ0v) is 15.6. The Labute approximate surface area is 149 Å². The molecule has 0 bridgehead atoms. The highest BCUT2D eigenvalue weighted by Gasteiger charge is 2.31. The number of ether oxygens (including phenoxy) is 2. The third-order valence-corrected chi connectivity index (χ3v) is 3.75. The molecule has 0 heterocycles. The third-order valence-electron chi connectivity index (χ3n) is 3.75. The molecule has 1 aromatic rings. The van der Waals surface area contributed by atoms with Gasteiger partial charge >= 0.3 is 5.97 Å². The lowest BCUT2D eigenvalue weighted by molar-refractivity contribution is -0.154. The normalized spacial score (nSPS) is 11.8. The van der Waals surface area contributed by atoms with E-state index in [0.717, 1.165) is 5.56 Å². The Morgan fingerprint density at radius 3 is 2.36 bits per heavy atom. The minimum absolute atomic E-state index is 0.182. The van der Waals surface area contributed by atoms with E-state index in [4.69, 9.17) is 9.47 Å². The molecule has 138 valence electrons. The Bertz CT molecular complexity index is 612. The predicted molar refractivity (Wildman–Crippen MR) is 94.1 cm³/mol. The average Bonchev–Trinajstić information content (AvgIpc) is 2.56. The Balaban J connectivity index is 3.17. The molecule has 0 aliphatic heterocycles. The molecule has 0 radical (unpaired) electrons. The fraction of sp³-hybridized carbons (Fsp3) is 0.526. The van der Waals surface area contributed by atoms with Crippen LogP contribution >= 0.6 is 0 Å². The molecule has 0 aromatic heterocycles. The highest BCUT2D eigenvalue weighted by atomic mass is 16.5. The summed E-state index contributed by atoms with van der Waals surface area (Å²) in [5.41, 5.74) is 0.814. The van der Waals surface area contributed by atoms with Gasteiger partial charge in [0.05, 0.1) is 20.6 Å². The quantitative estimate of drug-likeness (QED) is 0.506. The maximum atomic E-state index is 12.6. The lowest BCUT2D eigenvalue weighted by Gasteiger charge is -2.31. The number of hydrogen-bond donors (Lipinski definition) is 0. The van der Waals surface area contributed by atoms with E-state index in [1.807, 2.05) is 26.0 Å². The van der Waals surface area contributed by atoms with Gasteiger partial charge < -0.3 is 14.4 Å². The minimum atomic E-state index is -0.733. The fourth-order valence-corrected chi connectivity index (χ4v) is 2.59. The number of carbonyl (C=O) groups excluding carboxylic acids is 3. The van der Waals surface area contributed by atoms with Crippen molar-refractivity contribution in [2.45, 2.75) is 46.2 Å². The van der Waals surface area contributed by atoms with Gasteiger partial charge in [0.15, 0.2) is 0 Å². The van der Waals surface area contributed by atoms with Crippen molar-refractivity contribution in [2.75, 3.05) is 14.2 Å². The summed E-state index contributed by atoms with van der Waals surface area (Å²) in [5.74, 6) is -0.259. The Morgan fingerprint density at radius 2 is 1.84 bits per heavy atom. The second kappa shape index (κ2) is 9.81. The summed E-state index contributed by atoms with van der Waals surface area (Å²) in [4.78, 5) is 37.7. The first-order valence-electron chi connectivity index (χ1n) is 8.28. The Morgan fingerprint density at radius 1 is 1.16 bits per heavy atom. The van der Waals surface area contributed by atoms with Crippen molar-refractivity contribution >= 4 is 17.7 Å². The van der Waals surface area contributed by atoms with Gasteiger partial charge in [-0.15, -0.1) is 0 Å². The SMILES string of the molecule is COC(=O)[C@H](CC(C)C)N(Cc1cccc(OC)c1)C(=O)CC(C)=O. The van der Waals surface area contributed by atoms with Crippen LogP contribution in [0.2, 0.25) is 0 Å². The molecule has 25 heavy (non-hydrogen) atoms. The molecule has 0 saturated heterocycles. The molecule has 1 aromatic carbocycles. The van der Waals surface area contributed by atoms with E-state index >= 15 is 0 Å². The summed E-state index contributed by atoms with van der Waals surface area (Å²) in [6, 6.07) is 6.54. The third kappa shape index (κ3) is 6.57. The number of amides is 1. The van der Waals surface area contributed by atoms with Gasteiger partial charge in [-0.05, 0) is 37.0 Å². The van der Waals surface area contributed by atoms with Gasteiger partial charge in [-0.2, -0.15) is 0 Å². The van der Waals surface area contributed by atoms with Crippen LogP contribution in [0.4, 0.5) is 0 Å². The largest absolute Gasteiger partial charge is 0.497 e. The molecule has 6 heteroatoms. The molecular weight excluding hydrogens is 322 g/mol. The zero-order valence-electron chi connectivity index (χ0n) is 15.6. The van der Waals surface area contributed by atoms with E-state index in [1.165, 1.54) is 18.9 Å². The van der Waals surface area contributed by atoms with Crippen LogP contribution in [0.25, 0.3) is 0 Å². The Hall–Kier alpha value is -2.37. The lowest BCUT2D eigenvalue weighted by atomic mass is 10.0. The first-order chi connectivity index (χ1) is 11.8. The number of Topliss-reactive ketones (excluding diaryl/α,β-unsaturated/α-hetero) is 1. The van der Waals surface area contributed by atoms with Crippen molar-refractivity contribution in [1.29, 1.82) is 0 Å². The summed E-state index contributed by atoms with van der Waals surface area (Å²) in [5, 5.41) is 0. The first-order valence-corrected chi connectivity index (χ1v) is 8.28. The molecule has 0 saturated carbocycles. The van der Waals surface area contributed by atoms with Crippen LogP contribution in [0, 0.1) is 5.92 Å². The topological polar surface area (TPSA) is 72.9 Å². The van der Waals surface area contributed by atoms with Gasteiger partial charge in [0.1, 0.15) is 17.6 Å². The van der Waals surface area contributed by atoms with E-state index in [2.05, 4.69) is 0 Å². The van der Waals surface area contributed by atoms with Gasteiger partial charge in [0.2, 0.25) is 5.91 Å². The summed E-state index contributed by atoms with van der Waals surface area (Å²) in [6.45, 7) is 5.50. The highest BCUT2D eigenvalue weighted by molar-refractivity contribution is 5.98. The first kappa shape index (κ1) is 20.7. The number of esters is 1. The summed E-state index contributed by atoms with van der Waals surface area (Å²) in [6.07, 6.45) is 0.218. The van der Waals surface area contributed by atoms with Gasteiger partial charge in [-0.25, -0.2) is 4.79 Å². The maximum Gasteiger partial charge on any atom is 0.328 e. The smallest absolute Gasteiger partial charge is 0.328 e. The molecule has 1 amide bonds. The molecule has 0 aliphatic carbocycles. The molecule has 1 rings (SSSR count).